The molecule has 0 aliphatic heterocycles. The van der Waals surface area contributed by atoms with Crippen LogP contribution in [-0.4, -0.2) is 34.7 Å². The average molecular weight is 257 g/mol. The number of carboxylic acids is 1. The van der Waals surface area contributed by atoms with Crippen molar-refractivity contribution >= 4 is 23.2 Å². The number of aliphatic hydroxyl groups excluding tert-OH is 1. The highest BCUT2D eigenvalue weighted by Gasteiger charge is 2.18. The molecule has 94 valence electrons. The van der Waals surface area contributed by atoms with Crippen LogP contribution < -0.4 is 5.32 Å². The van der Waals surface area contributed by atoms with Crippen molar-refractivity contribution in [3.05, 3.63) is 22.4 Å². The Balaban J connectivity index is 2.34. The van der Waals surface area contributed by atoms with Gasteiger partial charge in [-0.1, -0.05) is 6.07 Å². The van der Waals surface area contributed by atoms with Crippen LogP contribution in [0.15, 0.2) is 17.5 Å². The average Bonchev–Trinajstić information content (AvgIpc) is 2.78. The highest BCUT2D eigenvalue weighted by atomic mass is 32.1. The zero-order valence-electron chi connectivity index (χ0n) is 9.26. The summed E-state index contributed by atoms with van der Waals surface area (Å²) < 4.78 is 0. The van der Waals surface area contributed by atoms with Gasteiger partial charge in [0.25, 0.3) is 0 Å². The highest BCUT2D eigenvalue weighted by molar-refractivity contribution is 7.09. The lowest BCUT2D eigenvalue weighted by atomic mass is 10.2. The number of rotatable bonds is 7. The van der Waals surface area contributed by atoms with Crippen LogP contribution in [0.1, 0.15) is 17.7 Å². The number of carbonyl (C=O) groups excluding carboxylic acids is 1. The third kappa shape index (κ3) is 4.97. The number of hydrogen-bond donors (Lipinski definition) is 3. The van der Waals surface area contributed by atoms with Gasteiger partial charge in [-0.3, -0.25) is 4.79 Å². The van der Waals surface area contributed by atoms with Crippen LogP contribution in [0.25, 0.3) is 0 Å². The SMILES string of the molecule is O=C(CCc1cccs1)N[C@@H](CCO)C(=O)O. The maximum Gasteiger partial charge on any atom is 0.326 e. The number of carboxylic acid groups (broad SMARTS) is 1. The molecule has 0 saturated heterocycles. The summed E-state index contributed by atoms with van der Waals surface area (Å²) in [6.45, 7) is -0.262. The predicted octanol–water partition coefficient (Wildman–Crippen LogP) is 0.632. The van der Waals surface area contributed by atoms with Crippen molar-refractivity contribution in [1.29, 1.82) is 0 Å². The van der Waals surface area contributed by atoms with Crippen molar-refractivity contribution in [2.24, 2.45) is 0 Å². The summed E-state index contributed by atoms with van der Waals surface area (Å²) in [5, 5.41) is 21.8. The number of hydrogen-bond acceptors (Lipinski definition) is 4. The number of aryl methyl sites for hydroxylation is 1. The first-order valence-corrected chi connectivity index (χ1v) is 6.17. The van der Waals surface area contributed by atoms with Crippen molar-refractivity contribution in [2.75, 3.05) is 6.61 Å². The van der Waals surface area contributed by atoms with Gasteiger partial charge in [-0.15, -0.1) is 11.3 Å². The molecule has 1 atom stereocenters. The molecule has 0 fully saturated rings. The molecule has 17 heavy (non-hydrogen) atoms. The van der Waals surface area contributed by atoms with Crippen molar-refractivity contribution in [3.8, 4) is 0 Å². The number of nitrogens with one attached hydrogen (secondary N) is 1. The molecule has 0 aromatic carbocycles. The normalized spacial score (nSPS) is 12.1. The molecule has 1 amide bonds. The smallest absolute Gasteiger partial charge is 0.326 e. The minimum absolute atomic E-state index is 0.0279. The maximum atomic E-state index is 11.5. The molecule has 3 N–H and O–H groups in total. The lowest BCUT2D eigenvalue weighted by Crippen LogP contribution is -2.41. The van der Waals surface area contributed by atoms with E-state index in [1.165, 1.54) is 0 Å². The summed E-state index contributed by atoms with van der Waals surface area (Å²) in [4.78, 5) is 23.3. The van der Waals surface area contributed by atoms with Gasteiger partial charge in [0.15, 0.2) is 0 Å². The molecule has 0 aliphatic carbocycles. The maximum absolute atomic E-state index is 11.5. The largest absolute Gasteiger partial charge is 0.480 e. The van der Waals surface area contributed by atoms with E-state index in [1.807, 2.05) is 17.5 Å². The van der Waals surface area contributed by atoms with Crippen LogP contribution in [0.2, 0.25) is 0 Å². The van der Waals surface area contributed by atoms with E-state index < -0.39 is 12.0 Å². The second-order valence-corrected chi connectivity index (χ2v) is 4.58. The minimum Gasteiger partial charge on any atom is -0.480 e. The first kappa shape index (κ1) is 13.7. The fourth-order valence-corrected chi connectivity index (χ4v) is 2.05. The second kappa shape index (κ2) is 7.03. The Morgan fingerprint density at radius 2 is 2.24 bits per heavy atom. The topological polar surface area (TPSA) is 86.6 Å². The van der Waals surface area contributed by atoms with Gasteiger partial charge in [-0.05, 0) is 17.9 Å². The Bertz CT molecular complexity index is 364. The summed E-state index contributed by atoms with van der Waals surface area (Å²) >= 11 is 1.56. The van der Waals surface area contributed by atoms with E-state index in [9.17, 15) is 9.59 Å². The molecule has 0 bridgehead atoms. The van der Waals surface area contributed by atoms with Crippen molar-refractivity contribution in [1.82, 2.24) is 5.32 Å². The molecule has 0 aliphatic rings. The van der Waals surface area contributed by atoms with E-state index in [2.05, 4.69) is 5.32 Å². The Hall–Kier alpha value is -1.40. The summed E-state index contributed by atoms with van der Waals surface area (Å²) in [7, 11) is 0. The lowest BCUT2D eigenvalue weighted by Gasteiger charge is -2.12. The van der Waals surface area contributed by atoms with Crippen LogP contribution in [0.3, 0.4) is 0 Å². The van der Waals surface area contributed by atoms with E-state index in [-0.39, 0.29) is 25.4 Å². The molecule has 1 aromatic heterocycles. The number of aliphatic carboxylic acids is 1. The summed E-state index contributed by atoms with van der Waals surface area (Å²) in [5.41, 5.74) is 0. The number of thiophene rings is 1. The standard InChI is InChI=1S/C11H15NO4S/c13-6-5-9(11(15)16)12-10(14)4-3-8-2-1-7-17-8/h1-2,7,9,13H,3-6H2,(H,12,14)(H,15,16)/t9-/m0/s1. The lowest BCUT2D eigenvalue weighted by molar-refractivity contribution is -0.142. The first-order chi connectivity index (χ1) is 8.13. The molecule has 1 rings (SSSR count). The van der Waals surface area contributed by atoms with Crippen LogP contribution in [0.5, 0.6) is 0 Å². The monoisotopic (exact) mass is 257 g/mol. The third-order valence-electron chi connectivity index (χ3n) is 2.23. The number of aliphatic hydroxyl groups is 1. The van der Waals surface area contributed by atoms with Crippen LogP contribution in [0, 0.1) is 0 Å². The molecular formula is C11H15NO4S. The van der Waals surface area contributed by atoms with Crippen LogP contribution >= 0.6 is 11.3 Å². The van der Waals surface area contributed by atoms with Crippen LogP contribution in [-0.2, 0) is 16.0 Å². The molecule has 0 radical (unpaired) electrons. The van der Waals surface area contributed by atoms with E-state index in [4.69, 9.17) is 10.2 Å². The molecule has 1 aromatic rings. The quantitative estimate of drug-likeness (QED) is 0.668. The zero-order chi connectivity index (χ0) is 12.7. The van der Waals surface area contributed by atoms with Gasteiger partial charge in [0.2, 0.25) is 5.91 Å². The van der Waals surface area contributed by atoms with Crippen molar-refractivity contribution in [2.45, 2.75) is 25.3 Å². The first-order valence-electron chi connectivity index (χ1n) is 5.29. The molecule has 1 heterocycles. The van der Waals surface area contributed by atoms with Crippen LogP contribution in [0.4, 0.5) is 0 Å². The summed E-state index contributed by atoms with van der Waals surface area (Å²) in [6, 6.07) is 2.83. The fraction of sp³-hybridized carbons (Fsp3) is 0.455. The van der Waals surface area contributed by atoms with Gasteiger partial charge in [-0.2, -0.15) is 0 Å². The van der Waals surface area contributed by atoms with Crippen molar-refractivity contribution in [3.63, 3.8) is 0 Å². The molecule has 5 nitrogen and oxygen atoms in total. The number of carbonyl (C=O) groups is 2. The van der Waals surface area contributed by atoms with Gasteiger partial charge < -0.3 is 15.5 Å². The Kier molecular flexibility index (Phi) is 5.65. The highest BCUT2D eigenvalue weighted by Crippen LogP contribution is 2.10. The molecule has 0 unspecified atom stereocenters. The fourth-order valence-electron chi connectivity index (χ4n) is 1.34. The predicted molar refractivity (Wildman–Crippen MR) is 63.9 cm³/mol. The van der Waals surface area contributed by atoms with Gasteiger partial charge in [0.05, 0.1) is 0 Å². The zero-order valence-corrected chi connectivity index (χ0v) is 10.1. The molecule has 6 heteroatoms. The number of amides is 1. The van der Waals surface area contributed by atoms with E-state index >= 15 is 0 Å². The minimum atomic E-state index is -1.12. The third-order valence-corrected chi connectivity index (χ3v) is 3.17. The summed E-state index contributed by atoms with van der Waals surface area (Å²) in [5.74, 6) is -1.43. The van der Waals surface area contributed by atoms with Gasteiger partial charge in [-0.25, -0.2) is 4.79 Å². The Labute approximate surface area is 103 Å². The summed E-state index contributed by atoms with van der Waals surface area (Å²) in [6.07, 6.45) is 0.894. The van der Waals surface area contributed by atoms with Crippen molar-refractivity contribution < 1.29 is 19.8 Å². The van der Waals surface area contributed by atoms with Gasteiger partial charge >= 0.3 is 5.97 Å². The van der Waals surface area contributed by atoms with E-state index in [0.29, 0.717) is 6.42 Å². The van der Waals surface area contributed by atoms with E-state index in [0.717, 1.165) is 4.88 Å². The van der Waals surface area contributed by atoms with Gasteiger partial charge in [0.1, 0.15) is 6.04 Å². The van der Waals surface area contributed by atoms with Gasteiger partial charge in [0, 0.05) is 24.3 Å². The molecule has 0 saturated carbocycles. The molecule has 0 spiro atoms. The Morgan fingerprint density at radius 3 is 2.76 bits per heavy atom. The molecular weight excluding hydrogens is 242 g/mol. The van der Waals surface area contributed by atoms with E-state index in [1.54, 1.807) is 11.3 Å². The second-order valence-electron chi connectivity index (χ2n) is 3.55. The Morgan fingerprint density at radius 1 is 1.47 bits per heavy atom.